The van der Waals surface area contributed by atoms with Gasteiger partial charge in [-0.05, 0) is 24.1 Å². The van der Waals surface area contributed by atoms with Gasteiger partial charge in [0.15, 0.2) is 0 Å². The maximum absolute atomic E-state index is 11.5. The monoisotopic (exact) mass is 306 g/mol. The Morgan fingerprint density at radius 2 is 2.16 bits per heavy atom. The molecule has 0 aliphatic heterocycles. The summed E-state index contributed by atoms with van der Waals surface area (Å²) in [5.74, 6) is -1.29. The van der Waals surface area contributed by atoms with Crippen LogP contribution >= 0.6 is 11.6 Å². The third-order valence-electron chi connectivity index (χ3n) is 2.32. The second-order valence-corrected chi connectivity index (χ2v) is 6.18. The molecule has 0 aliphatic rings. The summed E-state index contributed by atoms with van der Waals surface area (Å²) in [6, 6.07) is 5.41. The molecule has 0 spiro atoms. The fourth-order valence-electron chi connectivity index (χ4n) is 1.44. The Labute approximate surface area is 116 Å². The minimum Gasteiger partial charge on any atom is -0.480 e. The molecule has 1 aromatic carbocycles. The van der Waals surface area contributed by atoms with Gasteiger partial charge in [-0.2, -0.15) is 0 Å². The fraction of sp³-hybridized carbons (Fsp3) is 0.364. The number of rotatable bonds is 7. The molecule has 0 bridgehead atoms. The van der Waals surface area contributed by atoms with Gasteiger partial charge in [0.05, 0.1) is 5.75 Å². The lowest BCUT2D eigenvalue weighted by Crippen LogP contribution is -2.32. The number of halogens is 1. The second-order valence-electron chi connectivity index (χ2n) is 3.96. The van der Waals surface area contributed by atoms with Gasteiger partial charge in [0.1, 0.15) is 6.04 Å². The highest BCUT2D eigenvalue weighted by Crippen LogP contribution is 2.14. The lowest BCUT2D eigenvalue weighted by molar-refractivity contribution is -0.138. The van der Waals surface area contributed by atoms with Crippen molar-refractivity contribution >= 4 is 33.3 Å². The van der Waals surface area contributed by atoms with E-state index in [0.717, 1.165) is 0 Å². The van der Waals surface area contributed by atoms with Gasteiger partial charge in [-0.15, -0.1) is 11.6 Å². The highest BCUT2D eigenvalue weighted by Gasteiger charge is 2.13. The van der Waals surface area contributed by atoms with E-state index in [1.807, 2.05) is 0 Å². The smallest absolute Gasteiger partial charge is 0.320 e. The standard InChI is InChI=1S/C11H15ClN2O4S/c12-4-5-19(17,18)14-9-3-1-2-8(6-9)7-10(13)11(15)16/h1-3,6,10,14H,4-5,7,13H2,(H,15,16)/t10-/m0/s1. The topological polar surface area (TPSA) is 109 Å². The molecule has 6 nitrogen and oxygen atoms in total. The largest absolute Gasteiger partial charge is 0.480 e. The van der Waals surface area contributed by atoms with Crippen LogP contribution in [-0.2, 0) is 21.2 Å². The Balaban J connectivity index is 2.80. The van der Waals surface area contributed by atoms with Crippen LogP contribution in [0.1, 0.15) is 5.56 Å². The number of nitrogens with one attached hydrogen (secondary N) is 1. The van der Waals surface area contributed by atoms with Crippen LogP contribution < -0.4 is 10.5 Å². The van der Waals surface area contributed by atoms with Gasteiger partial charge in [-0.1, -0.05) is 12.1 Å². The van der Waals surface area contributed by atoms with Crippen molar-refractivity contribution in [3.63, 3.8) is 0 Å². The van der Waals surface area contributed by atoms with E-state index in [1.54, 1.807) is 24.3 Å². The molecule has 19 heavy (non-hydrogen) atoms. The molecular formula is C11H15ClN2O4S. The van der Waals surface area contributed by atoms with Crippen LogP contribution in [0.4, 0.5) is 5.69 Å². The molecular weight excluding hydrogens is 292 g/mol. The molecule has 0 heterocycles. The van der Waals surface area contributed by atoms with Crippen molar-refractivity contribution in [2.24, 2.45) is 5.73 Å². The molecule has 106 valence electrons. The third-order valence-corrected chi connectivity index (χ3v) is 4.02. The first kappa shape index (κ1) is 15.7. The van der Waals surface area contributed by atoms with Crippen molar-refractivity contribution in [3.05, 3.63) is 29.8 Å². The number of nitrogens with two attached hydrogens (primary N) is 1. The average Bonchev–Trinajstić information content (AvgIpc) is 2.28. The molecule has 0 amide bonds. The summed E-state index contributed by atoms with van der Waals surface area (Å²) in [5.41, 5.74) is 6.42. The van der Waals surface area contributed by atoms with Gasteiger partial charge in [-0.3, -0.25) is 9.52 Å². The van der Waals surface area contributed by atoms with E-state index in [-0.39, 0.29) is 18.1 Å². The van der Waals surface area contributed by atoms with Crippen LogP contribution in [0.5, 0.6) is 0 Å². The summed E-state index contributed by atoms with van der Waals surface area (Å²) in [5, 5.41) is 8.72. The van der Waals surface area contributed by atoms with Crippen LogP contribution in [0.25, 0.3) is 0 Å². The maximum atomic E-state index is 11.5. The van der Waals surface area contributed by atoms with Gasteiger partial charge in [0.2, 0.25) is 10.0 Å². The first-order valence-corrected chi connectivity index (χ1v) is 7.66. The zero-order valence-corrected chi connectivity index (χ0v) is 11.6. The normalized spacial score (nSPS) is 12.9. The predicted octanol–water partition coefficient (Wildman–Crippen LogP) is 0.622. The van der Waals surface area contributed by atoms with Crippen molar-refractivity contribution in [1.82, 2.24) is 0 Å². The van der Waals surface area contributed by atoms with E-state index >= 15 is 0 Å². The number of benzene rings is 1. The van der Waals surface area contributed by atoms with E-state index in [2.05, 4.69) is 4.72 Å². The van der Waals surface area contributed by atoms with E-state index in [4.69, 9.17) is 22.4 Å². The minimum atomic E-state index is -3.48. The summed E-state index contributed by atoms with van der Waals surface area (Å²) < 4.78 is 25.4. The molecule has 0 radical (unpaired) electrons. The number of sulfonamides is 1. The van der Waals surface area contributed by atoms with Crippen LogP contribution in [0.2, 0.25) is 0 Å². The zero-order chi connectivity index (χ0) is 14.5. The summed E-state index contributed by atoms with van der Waals surface area (Å²) in [4.78, 5) is 10.7. The average molecular weight is 307 g/mol. The number of carboxylic acids is 1. The van der Waals surface area contributed by atoms with Gasteiger partial charge in [0, 0.05) is 11.6 Å². The molecule has 8 heteroatoms. The number of alkyl halides is 1. The van der Waals surface area contributed by atoms with Crippen molar-refractivity contribution < 1.29 is 18.3 Å². The third kappa shape index (κ3) is 5.46. The molecule has 0 aliphatic carbocycles. The first-order valence-electron chi connectivity index (χ1n) is 5.48. The molecule has 0 saturated heterocycles. The van der Waals surface area contributed by atoms with Crippen molar-refractivity contribution in [2.75, 3.05) is 16.4 Å². The summed E-state index contributed by atoms with van der Waals surface area (Å²) >= 11 is 5.39. The molecule has 0 unspecified atom stereocenters. The van der Waals surface area contributed by atoms with E-state index in [1.165, 1.54) is 0 Å². The molecule has 0 fully saturated rings. The van der Waals surface area contributed by atoms with Gasteiger partial charge in [-0.25, -0.2) is 8.42 Å². The number of anilines is 1. The summed E-state index contributed by atoms with van der Waals surface area (Å²) in [6.45, 7) is 0. The first-order chi connectivity index (χ1) is 8.84. The maximum Gasteiger partial charge on any atom is 0.320 e. The lowest BCUT2D eigenvalue weighted by Gasteiger charge is -2.10. The lowest BCUT2D eigenvalue weighted by atomic mass is 10.1. The van der Waals surface area contributed by atoms with Crippen LogP contribution in [-0.4, -0.2) is 37.2 Å². The van der Waals surface area contributed by atoms with Gasteiger partial charge < -0.3 is 10.8 Å². The molecule has 1 aromatic rings. The van der Waals surface area contributed by atoms with E-state index < -0.39 is 22.0 Å². The van der Waals surface area contributed by atoms with Crippen molar-refractivity contribution in [3.8, 4) is 0 Å². The van der Waals surface area contributed by atoms with Crippen LogP contribution in [0, 0.1) is 0 Å². The molecule has 0 aromatic heterocycles. The highest BCUT2D eigenvalue weighted by atomic mass is 35.5. The summed E-state index contributed by atoms with van der Waals surface area (Å²) in [6.07, 6.45) is 0.125. The number of carbonyl (C=O) groups is 1. The Hall–Kier alpha value is -1.31. The molecule has 1 rings (SSSR count). The Bertz CT molecular complexity index is 547. The number of hydrogen-bond acceptors (Lipinski definition) is 4. The van der Waals surface area contributed by atoms with E-state index in [0.29, 0.717) is 11.3 Å². The SMILES string of the molecule is N[C@@H](Cc1cccc(NS(=O)(=O)CCCl)c1)C(=O)O. The van der Waals surface area contributed by atoms with E-state index in [9.17, 15) is 13.2 Å². The van der Waals surface area contributed by atoms with Crippen LogP contribution in [0.3, 0.4) is 0 Å². The molecule has 1 atom stereocenters. The Kier molecular flexibility index (Phi) is 5.59. The van der Waals surface area contributed by atoms with Crippen molar-refractivity contribution in [1.29, 1.82) is 0 Å². The highest BCUT2D eigenvalue weighted by molar-refractivity contribution is 7.92. The molecule has 4 N–H and O–H groups in total. The van der Waals surface area contributed by atoms with Crippen LogP contribution in [0.15, 0.2) is 24.3 Å². The fourth-order valence-corrected chi connectivity index (χ4v) is 2.84. The Morgan fingerprint density at radius 1 is 1.47 bits per heavy atom. The predicted molar refractivity (Wildman–Crippen MR) is 73.9 cm³/mol. The van der Waals surface area contributed by atoms with Gasteiger partial charge >= 0.3 is 5.97 Å². The van der Waals surface area contributed by atoms with Gasteiger partial charge in [0.25, 0.3) is 0 Å². The minimum absolute atomic E-state index is 0.00108. The second kappa shape index (κ2) is 6.74. The molecule has 0 saturated carbocycles. The zero-order valence-electron chi connectivity index (χ0n) is 10.0. The number of hydrogen-bond donors (Lipinski definition) is 3. The Morgan fingerprint density at radius 3 is 2.74 bits per heavy atom. The quantitative estimate of drug-likeness (QED) is 0.640. The summed E-state index contributed by atoms with van der Waals surface area (Å²) in [7, 11) is -3.48. The van der Waals surface area contributed by atoms with Crippen molar-refractivity contribution in [2.45, 2.75) is 12.5 Å². The number of carboxylic acid groups (broad SMARTS) is 1. The number of aliphatic carboxylic acids is 1.